The number of anilines is 1. The Morgan fingerprint density at radius 1 is 1.57 bits per heavy atom. The zero-order chi connectivity index (χ0) is 15.4. The molecule has 1 unspecified atom stereocenters. The maximum Gasteiger partial charge on any atom is 0.240 e. The Labute approximate surface area is 128 Å². The lowest BCUT2D eigenvalue weighted by Gasteiger charge is -2.20. The summed E-state index contributed by atoms with van der Waals surface area (Å²) in [7, 11) is 0. The summed E-state index contributed by atoms with van der Waals surface area (Å²) >= 11 is 5.11. The van der Waals surface area contributed by atoms with Crippen molar-refractivity contribution in [2.24, 2.45) is 11.0 Å². The molecule has 1 aromatic rings. The fourth-order valence-electron chi connectivity index (χ4n) is 2.12. The predicted octanol–water partition coefficient (Wildman–Crippen LogP) is 1.56. The van der Waals surface area contributed by atoms with Gasteiger partial charge in [-0.3, -0.25) is 4.79 Å². The SMILES string of the molecule is CCNC(=S)Nc1cc(C2=NNC(=O)CC2C)ccc1O. The molecule has 1 aromatic carbocycles. The topological polar surface area (TPSA) is 85.8 Å². The van der Waals surface area contributed by atoms with E-state index < -0.39 is 0 Å². The van der Waals surface area contributed by atoms with E-state index in [1.807, 2.05) is 13.8 Å². The van der Waals surface area contributed by atoms with Gasteiger partial charge < -0.3 is 15.7 Å². The molecule has 112 valence electrons. The number of nitrogens with one attached hydrogen (secondary N) is 3. The quantitative estimate of drug-likeness (QED) is 0.503. The summed E-state index contributed by atoms with van der Waals surface area (Å²) in [4.78, 5) is 11.3. The van der Waals surface area contributed by atoms with Crippen molar-refractivity contribution in [3.05, 3.63) is 23.8 Å². The first kappa shape index (κ1) is 15.2. The standard InChI is InChI=1S/C14H18N4O2S/c1-3-15-14(21)16-10-7-9(4-5-11(10)19)13-8(2)6-12(20)17-18-13/h4-5,7-8,19H,3,6H2,1-2H3,(H,17,20)(H2,15,16,21). The van der Waals surface area contributed by atoms with Crippen LogP contribution in [-0.4, -0.2) is 28.4 Å². The van der Waals surface area contributed by atoms with Crippen LogP contribution in [0.5, 0.6) is 5.75 Å². The molecule has 0 saturated carbocycles. The van der Waals surface area contributed by atoms with E-state index in [2.05, 4.69) is 21.2 Å². The molecule has 1 amide bonds. The van der Waals surface area contributed by atoms with Gasteiger partial charge in [0.25, 0.3) is 0 Å². The maximum atomic E-state index is 11.3. The Bertz CT molecular complexity index is 601. The second-order valence-electron chi connectivity index (χ2n) is 4.85. The zero-order valence-corrected chi connectivity index (χ0v) is 12.8. The monoisotopic (exact) mass is 306 g/mol. The van der Waals surface area contributed by atoms with Gasteiger partial charge in [0, 0.05) is 24.4 Å². The Morgan fingerprint density at radius 2 is 2.33 bits per heavy atom. The molecular weight excluding hydrogens is 288 g/mol. The van der Waals surface area contributed by atoms with Crippen LogP contribution in [-0.2, 0) is 4.79 Å². The molecular formula is C14H18N4O2S. The van der Waals surface area contributed by atoms with Crippen molar-refractivity contribution in [3.8, 4) is 5.75 Å². The van der Waals surface area contributed by atoms with E-state index >= 15 is 0 Å². The molecule has 7 heteroatoms. The van der Waals surface area contributed by atoms with Gasteiger partial charge in [-0.1, -0.05) is 6.92 Å². The number of thiocarbonyl (C=S) groups is 1. The van der Waals surface area contributed by atoms with Crippen molar-refractivity contribution in [2.45, 2.75) is 20.3 Å². The highest BCUT2D eigenvalue weighted by Crippen LogP contribution is 2.26. The molecule has 0 aliphatic carbocycles. The predicted molar refractivity (Wildman–Crippen MR) is 86.5 cm³/mol. The third-order valence-electron chi connectivity index (χ3n) is 3.14. The van der Waals surface area contributed by atoms with E-state index in [0.29, 0.717) is 23.8 Å². The Balaban J connectivity index is 2.26. The number of aromatic hydroxyl groups is 1. The van der Waals surface area contributed by atoms with Crippen molar-refractivity contribution in [1.82, 2.24) is 10.7 Å². The number of rotatable bonds is 3. The molecule has 1 aliphatic rings. The number of benzene rings is 1. The molecule has 4 N–H and O–H groups in total. The van der Waals surface area contributed by atoms with Crippen LogP contribution in [0.15, 0.2) is 23.3 Å². The molecule has 0 fully saturated rings. The van der Waals surface area contributed by atoms with Crippen molar-refractivity contribution in [2.75, 3.05) is 11.9 Å². The molecule has 1 heterocycles. The van der Waals surface area contributed by atoms with Crippen LogP contribution in [0.1, 0.15) is 25.8 Å². The number of carbonyl (C=O) groups excluding carboxylic acids is 1. The number of phenolic OH excluding ortho intramolecular Hbond substituents is 1. The molecule has 2 rings (SSSR count). The number of hydrazone groups is 1. The van der Waals surface area contributed by atoms with Crippen LogP contribution in [0, 0.1) is 5.92 Å². The lowest BCUT2D eigenvalue weighted by atomic mass is 9.94. The summed E-state index contributed by atoms with van der Waals surface area (Å²) in [5, 5.41) is 20.3. The average molecular weight is 306 g/mol. The number of carbonyl (C=O) groups is 1. The lowest BCUT2D eigenvalue weighted by Crippen LogP contribution is -2.32. The fraction of sp³-hybridized carbons (Fsp3) is 0.357. The van der Waals surface area contributed by atoms with Crippen molar-refractivity contribution in [1.29, 1.82) is 0 Å². The largest absolute Gasteiger partial charge is 0.506 e. The van der Waals surface area contributed by atoms with Crippen molar-refractivity contribution >= 4 is 34.6 Å². The van der Waals surface area contributed by atoms with E-state index in [1.54, 1.807) is 18.2 Å². The first-order chi connectivity index (χ1) is 10.0. The maximum absolute atomic E-state index is 11.3. The second-order valence-corrected chi connectivity index (χ2v) is 5.26. The van der Waals surface area contributed by atoms with Gasteiger partial charge in [0.05, 0.1) is 11.4 Å². The Kier molecular flexibility index (Phi) is 4.74. The minimum atomic E-state index is -0.0864. The second kappa shape index (κ2) is 6.53. The fourth-order valence-corrected chi connectivity index (χ4v) is 2.38. The van der Waals surface area contributed by atoms with Gasteiger partial charge in [-0.05, 0) is 37.3 Å². The molecule has 21 heavy (non-hydrogen) atoms. The van der Waals surface area contributed by atoms with Gasteiger partial charge in [0.2, 0.25) is 5.91 Å². The lowest BCUT2D eigenvalue weighted by molar-refractivity contribution is -0.121. The first-order valence-electron chi connectivity index (χ1n) is 6.76. The summed E-state index contributed by atoms with van der Waals surface area (Å²) in [5.41, 5.74) is 4.61. The van der Waals surface area contributed by atoms with Gasteiger partial charge in [-0.15, -0.1) is 0 Å². The summed E-state index contributed by atoms with van der Waals surface area (Å²) in [6.45, 7) is 4.58. The highest BCUT2D eigenvalue weighted by Gasteiger charge is 2.22. The normalized spacial score (nSPS) is 17.7. The van der Waals surface area contributed by atoms with Crippen LogP contribution in [0.25, 0.3) is 0 Å². The Morgan fingerprint density at radius 3 is 3.00 bits per heavy atom. The molecule has 0 aromatic heterocycles. The highest BCUT2D eigenvalue weighted by molar-refractivity contribution is 7.80. The number of nitrogens with zero attached hydrogens (tertiary/aromatic N) is 1. The number of amides is 1. The number of phenols is 1. The van der Waals surface area contributed by atoms with E-state index in [1.165, 1.54) is 0 Å². The van der Waals surface area contributed by atoms with Crippen LogP contribution in [0.2, 0.25) is 0 Å². The molecule has 1 atom stereocenters. The first-order valence-corrected chi connectivity index (χ1v) is 7.16. The minimum Gasteiger partial charge on any atom is -0.506 e. The molecule has 0 bridgehead atoms. The minimum absolute atomic E-state index is 0.0249. The van der Waals surface area contributed by atoms with Crippen molar-refractivity contribution < 1.29 is 9.90 Å². The third-order valence-corrected chi connectivity index (χ3v) is 3.38. The number of hydrogen-bond donors (Lipinski definition) is 4. The summed E-state index contributed by atoms with van der Waals surface area (Å²) in [6.07, 6.45) is 0.401. The van der Waals surface area contributed by atoms with E-state index in [-0.39, 0.29) is 17.6 Å². The van der Waals surface area contributed by atoms with E-state index in [0.717, 1.165) is 11.3 Å². The van der Waals surface area contributed by atoms with Gasteiger partial charge in [-0.25, -0.2) is 5.43 Å². The highest BCUT2D eigenvalue weighted by atomic mass is 32.1. The van der Waals surface area contributed by atoms with Crippen LogP contribution >= 0.6 is 12.2 Å². The third kappa shape index (κ3) is 3.69. The summed E-state index contributed by atoms with van der Waals surface area (Å²) < 4.78 is 0. The molecule has 0 spiro atoms. The van der Waals surface area contributed by atoms with Gasteiger partial charge in [0.1, 0.15) is 5.75 Å². The summed E-state index contributed by atoms with van der Waals surface area (Å²) in [5.74, 6) is 0.0423. The van der Waals surface area contributed by atoms with Crippen LogP contribution in [0.3, 0.4) is 0 Å². The van der Waals surface area contributed by atoms with Crippen LogP contribution < -0.4 is 16.1 Å². The Hall–Kier alpha value is -2.15. The van der Waals surface area contributed by atoms with Gasteiger partial charge in [-0.2, -0.15) is 5.10 Å². The molecule has 0 saturated heterocycles. The molecule has 0 radical (unpaired) electrons. The van der Waals surface area contributed by atoms with Gasteiger partial charge >= 0.3 is 0 Å². The van der Waals surface area contributed by atoms with Gasteiger partial charge in [0.15, 0.2) is 5.11 Å². The summed E-state index contributed by atoms with van der Waals surface area (Å²) in [6, 6.07) is 5.12. The van der Waals surface area contributed by atoms with Crippen molar-refractivity contribution in [3.63, 3.8) is 0 Å². The van der Waals surface area contributed by atoms with E-state index in [9.17, 15) is 9.90 Å². The van der Waals surface area contributed by atoms with E-state index in [4.69, 9.17) is 12.2 Å². The smallest absolute Gasteiger partial charge is 0.240 e. The molecule has 6 nitrogen and oxygen atoms in total. The van der Waals surface area contributed by atoms with Crippen LogP contribution in [0.4, 0.5) is 5.69 Å². The zero-order valence-electron chi connectivity index (χ0n) is 11.9. The molecule has 1 aliphatic heterocycles. The average Bonchev–Trinajstić information content (AvgIpc) is 2.42. The number of hydrogen-bond acceptors (Lipinski definition) is 4.